The molecule has 3 rings (SSSR count). The van der Waals surface area contributed by atoms with Crippen molar-refractivity contribution in [1.29, 1.82) is 0 Å². The zero-order chi connectivity index (χ0) is 19.4. The fraction of sp³-hybridized carbons (Fsp3) is 0.286. The second kappa shape index (κ2) is 7.61. The summed E-state index contributed by atoms with van der Waals surface area (Å²) in [4.78, 5) is 16.6. The maximum Gasteiger partial charge on any atom is 0.251 e. The number of amides is 1. The zero-order valence-corrected chi connectivity index (χ0v) is 15.9. The van der Waals surface area contributed by atoms with E-state index in [0.717, 1.165) is 5.56 Å². The van der Waals surface area contributed by atoms with E-state index in [1.807, 2.05) is 48.5 Å². The smallest absolute Gasteiger partial charge is 0.251 e. The molecule has 0 aliphatic carbocycles. The van der Waals surface area contributed by atoms with Crippen molar-refractivity contribution in [2.24, 2.45) is 0 Å². The van der Waals surface area contributed by atoms with Gasteiger partial charge < -0.3 is 14.6 Å². The highest BCUT2D eigenvalue weighted by atomic mass is 16.5. The minimum atomic E-state index is -0.184. The molecule has 1 heterocycles. The van der Waals surface area contributed by atoms with Gasteiger partial charge >= 0.3 is 0 Å². The Morgan fingerprint density at radius 1 is 1.15 bits per heavy atom. The molecule has 0 aliphatic rings. The molecule has 0 saturated heterocycles. The number of hydrogen-bond acceptors (Lipinski definition) is 5. The number of carbonyl (C=O) groups excluding carboxylic acids is 1. The summed E-state index contributed by atoms with van der Waals surface area (Å²) in [6.45, 7) is 6.57. The third-order valence-electron chi connectivity index (χ3n) is 4.21. The van der Waals surface area contributed by atoms with Crippen molar-refractivity contribution in [3.05, 3.63) is 65.5 Å². The minimum absolute atomic E-state index is 0.0509. The molecular weight excluding hydrogens is 342 g/mol. The van der Waals surface area contributed by atoms with E-state index in [9.17, 15) is 4.79 Å². The van der Waals surface area contributed by atoms with Gasteiger partial charge in [-0.1, -0.05) is 50.2 Å². The molecule has 0 unspecified atom stereocenters. The van der Waals surface area contributed by atoms with Gasteiger partial charge in [0.2, 0.25) is 11.7 Å². The second-order valence-corrected chi connectivity index (χ2v) is 7.25. The lowest BCUT2D eigenvalue weighted by Gasteiger charge is -2.18. The quantitative estimate of drug-likeness (QED) is 0.740. The van der Waals surface area contributed by atoms with Crippen molar-refractivity contribution in [2.45, 2.75) is 32.7 Å². The van der Waals surface area contributed by atoms with Crippen LogP contribution in [0.15, 0.2) is 53.1 Å². The average molecular weight is 365 g/mol. The van der Waals surface area contributed by atoms with Crippen LogP contribution in [0, 0.1) is 0 Å². The van der Waals surface area contributed by atoms with E-state index in [1.54, 1.807) is 7.11 Å². The van der Waals surface area contributed by atoms with Gasteiger partial charge in [0.05, 0.1) is 13.7 Å². The Kier molecular flexibility index (Phi) is 5.26. The molecule has 6 nitrogen and oxygen atoms in total. The van der Waals surface area contributed by atoms with Crippen LogP contribution in [-0.4, -0.2) is 23.2 Å². The molecule has 2 aromatic carbocycles. The molecule has 0 radical (unpaired) electrons. The Hall–Kier alpha value is -3.15. The number of ether oxygens (including phenoxy) is 1. The van der Waals surface area contributed by atoms with Crippen molar-refractivity contribution < 1.29 is 14.1 Å². The third-order valence-corrected chi connectivity index (χ3v) is 4.21. The highest BCUT2D eigenvalue weighted by molar-refractivity contribution is 5.94. The summed E-state index contributed by atoms with van der Waals surface area (Å²) in [7, 11) is 1.60. The van der Waals surface area contributed by atoms with Crippen LogP contribution in [0.1, 0.15) is 42.6 Å². The minimum Gasteiger partial charge on any atom is -0.497 e. The largest absolute Gasteiger partial charge is 0.497 e. The number of hydrogen-bond donors (Lipinski definition) is 1. The standard InChI is InChI=1S/C21H23N3O3/c1-21(2,3)16-10-8-14(9-11-16)20(25)22-13-18-23-19(24-27-18)15-6-5-7-17(12-15)26-4/h5-12H,13H2,1-4H3,(H,22,25). The summed E-state index contributed by atoms with van der Waals surface area (Å²) in [5, 5.41) is 6.76. The Bertz CT molecular complexity index is 924. The predicted molar refractivity (Wildman–Crippen MR) is 103 cm³/mol. The normalized spacial score (nSPS) is 11.3. The lowest BCUT2D eigenvalue weighted by atomic mass is 9.87. The van der Waals surface area contributed by atoms with Crippen molar-refractivity contribution in [2.75, 3.05) is 7.11 Å². The van der Waals surface area contributed by atoms with Crippen LogP contribution in [0.2, 0.25) is 0 Å². The van der Waals surface area contributed by atoms with Gasteiger partial charge in [0.15, 0.2) is 0 Å². The fourth-order valence-corrected chi connectivity index (χ4v) is 2.59. The van der Waals surface area contributed by atoms with Gasteiger partial charge in [0, 0.05) is 11.1 Å². The molecule has 0 spiro atoms. The van der Waals surface area contributed by atoms with Gasteiger partial charge in [0.25, 0.3) is 5.91 Å². The number of nitrogens with one attached hydrogen (secondary N) is 1. The summed E-state index contributed by atoms with van der Waals surface area (Å²) in [6.07, 6.45) is 0. The van der Waals surface area contributed by atoms with Gasteiger partial charge in [-0.15, -0.1) is 0 Å². The number of rotatable bonds is 5. The Labute approximate surface area is 158 Å². The first-order valence-electron chi connectivity index (χ1n) is 8.72. The molecule has 1 amide bonds. The van der Waals surface area contributed by atoms with Crippen LogP contribution in [0.5, 0.6) is 5.75 Å². The van der Waals surface area contributed by atoms with Crippen LogP contribution in [0.25, 0.3) is 11.4 Å². The summed E-state index contributed by atoms with van der Waals surface area (Å²) in [6, 6.07) is 15.0. The van der Waals surface area contributed by atoms with E-state index in [1.165, 1.54) is 5.56 Å². The molecule has 6 heteroatoms. The molecule has 27 heavy (non-hydrogen) atoms. The summed E-state index contributed by atoms with van der Waals surface area (Å²) >= 11 is 0. The number of methoxy groups -OCH3 is 1. The molecule has 0 fully saturated rings. The van der Waals surface area contributed by atoms with Gasteiger partial charge in [-0.3, -0.25) is 4.79 Å². The number of nitrogens with zero attached hydrogens (tertiary/aromatic N) is 2. The molecule has 140 valence electrons. The first-order chi connectivity index (χ1) is 12.9. The van der Waals surface area contributed by atoms with E-state index in [0.29, 0.717) is 23.0 Å². The highest BCUT2D eigenvalue weighted by Crippen LogP contribution is 2.23. The Balaban J connectivity index is 1.63. The zero-order valence-electron chi connectivity index (χ0n) is 15.9. The van der Waals surface area contributed by atoms with Crippen LogP contribution >= 0.6 is 0 Å². The number of aromatic nitrogens is 2. The molecule has 1 aromatic heterocycles. The van der Waals surface area contributed by atoms with Gasteiger partial charge in [0.1, 0.15) is 5.75 Å². The van der Waals surface area contributed by atoms with E-state index in [-0.39, 0.29) is 17.9 Å². The molecular formula is C21H23N3O3. The molecule has 0 bridgehead atoms. The first kappa shape index (κ1) is 18.6. The average Bonchev–Trinajstić information content (AvgIpc) is 3.14. The molecule has 0 atom stereocenters. The number of carbonyl (C=O) groups is 1. The SMILES string of the molecule is COc1cccc(-c2noc(CNC(=O)c3ccc(C(C)(C)C)cc3)n2)c1. The van der Waals surface area contributed by atoms with E-state index in [4.69, 9.17) is 9.26 Å². The lowest BCUT2D eigenvalue weighted by Crippen LogP contribution is -2.23. The van der Waals surface area contributed by atoms with E-state index in [2.05, 4.69) is 36.2 Å². The third kappa shape index (κ3) is 4.53. The Morgan fingerprint density at radius 3 is 2.56 bits per heavy atom. The maximum absolute atomic E-state index is 12.3. The highest BCUT2D eigenvalue weighted by Gasteiger charge is 2.15. The van der Waals surface area contributed by atoms with Crippen LogP contribution in [0.3, 0.4) is 0 Å². The lowest BCUT2D eigenvalue weighted by molar-refractivity contribution is 0.0946. The van der Waals surface area contributed by atoms with Crippen molar-refractivity contribution in [3.8, 4) is 17.1 Å². The van der Waals surface area contributed by atoms with Crippen molar-refractivity contribution in [1.82, 2.24) is 15.5 Å². The van der Waals surface area contributed by atoms with Gasteiger partial charge in [-0.25, -0.2) is 0 Å². The van der Waals surface area contributed by atoms with Crippen molar-refractivity contribution >= 4 is 5.91 Å². The van der Waals surface area contributed by atoms with E-state index < -0.39 is 0 Å². The molecule has 3 aromatic rings. The van der Waals surface area contributed by atoms with Crippen LogP contribution < -0.4 is 10.1 Å². The van der Waals surface area contributed by atoms with Crippen molar-refractivity contribution in [3.63, 3.8) is 0 Å². The fourth-order valence-electron chi connectivity index (χ4n) is 2.59. The topological polar surface area (TPSA) is 77.3 Å². The Morgan fingerprint density at radius 2 is 1.89 bits per heavy atom. The molecule has 0 aliphatic heterocycles. The monoisotopic (exact) mass is 365 g/mol. The predicted octanol–water partition coefficient (Wildman–Crippen LogP) is 3.97. The summed E-state index contributed by atoms with van der Waals surface area (Å²) < 4.78 is 10.4. The first-order valence-corrected chi connectivity index (χ1v) is 8.72. The van der Waals surface area contributed by atoms with Crippen LogP contribution in [-0.2, 0) is 12.0 Å². The summed E-state index contributed by atoms with van der Waals surface area (Å²) in [5.74, 6) is 1.32. The van der Waals surface area contributed by atoms with Gasteiger partial charge in [-0.05, 0) is 35.2 Å². The second-order valence-electron chi connectivity index (χ2n) is 7.25. The maximum atomic E-state index is 12.3. The van der Waals surface area contributed by atoms with E-state index >= 15 is 0 Å². The summed E-state index contributed by atoms with van der Waals surface area (Å²) in [5.41, 5.74) is 2.61. The van der Waals surface area contributed by atoms with Gasteiger partial charge in [-0.2, -0.15) is 4.98 Å². The molecule has 0 saturated carbocycles. The van der Waals surface area contributed by atoms with Crippen LogP contribution in [0.4, 0.5) is 0 Å². The number of benzene rings is 2. The molecule has 1 N–H and O–H groups in total.